The highest BCUT2D eigenvalue weighted by atomic mass is 79.9. The average molecular weight is 373 g/mol. The minimum absolute atomic E-state index is 0.246. The van der Waals surface area contributed by atoms with Gasteiger partial charge in [-0.05, 0) is 41.8 Å². The van der Waals surface area contributed by atoms with E-state index in [9.17, 15) is 4.79 Å². The van der Waals surface area contributed by atoms with Crippen molar-refractivity contribution in [2.45, 2.75) is 26.2 Å². The molecule has 2 rings (SSSR count). The summed E-state index contributed by atoms with van der Waals surface area (Å²) in [5.74, 6) is -0.246. The summed E-state index contributed by atoms with van der Waals surface area (Å²) in [5.41, 5.74) is 2.78. The summed E-state index contributed by atoms with van der Waals surface area (Å²) in [6, 6.07) is 15.6. The smallest absolute Gasteiger partial charge is 0.338 e. The van der Waals surface area contributed by atoms with E-state index in [1.165, 1.54) is 0 Å². The molecule has 0 aliphatic carbocycles. The number of hydrogen-bond donors (Lipinski definition) is 0. The lowest BCUT2D eigenvalue weighted by Gasteiger charge is -2.04. The van der Waals surface area contributed by atoms with Gasteiger partial charge in [0.05, 0.1) is 12.2 Å². The SMILES string of the molecule is CCCCCOC(=O)c1ccc(C=Cc2ccc(Br)cc2)cc1. The molecule has 0 radical (unpaired) electrons. The molecule has 0 fully saturated rings. The van der Waals surface area contributed by atoms with Crippen molar-refractivity contribution < 1.29 is 9.53 Å². The van der Waals surface area contributed by atoms with E-state index in [1.807, 2.05) is 60.7 Å². The summed E-state index contributed by atoms with van der Waals surface area (Å²) in [5, 5.41) is 0. The molecular weight excluding hydrogens is 352 g/mol. The van der Waals surface area contributed by atoms with Gasteiger partial charge in [0.25, 0.3) is 0 Å². The van der Waals surface area contributed by atoms with Crippen molar-refractivity contribution in [2.24, 2.45) is 0 Å². The van der Waals surface area contributed by atoms with Gasteiger partial charge >= 0.3 is 5.97 Å². The number of carbonyl (C=O) groups is 1. The van der Waals surface area contributed by atoms with Crippen LogP contribution in [0, 0.1) is 0 Å². The van der Waals surface area contributed by atoms with Crippen molar-refractivity contribution in [3.63, 3.8) is 0 Å². The summed E-state index contributed by atoms with van der Waals surface area (Å²) in [7, 11) is 0. The summed E-state index contributed by atoms with van der Waals surface area (Å²) >= 11 is 3.42. The lowest BCUT2D eigenvalue weighted by Crippen LogP contribution is -2.06. The van der Waals surface area contributed by atoms with Gasteiger partial charge in [0.1, 0.15) is 0 Å². The van der Waals surface area contributed by atoms with Crippen LogP contribution in [0.1, 0.15) is 47.7 Å². The Hall–Kier alpha value is -1.87. The number of halogens is 1. The Morgan fingerprint density at radius 3 is 2.09 bits per heavy atom. The van der Waals surface area contributed by atoms with E-state index >= 15 is 0 Å². The number of benzene rings is 2. The third kappa shape index (κ3) is 6.03. The molecule has 0 amide bonds. The zero-order chi connectivity index (χ0) is 16.5. The van der Waals surface area contributed by atoms with E-state index in [4.69, 9.17) is 4.74 Å². The number of esters is 1. The van der Waals surface area contributed by atoms with E-state index in [-0.39, 0.29) is 5.97 Å². The fourth-order valence-corrected chi connectivity index (χ4v) is 2.36. The Balaban J connectivity index is 1.91. The Morgan fingerprint density at radius 2 is 1.52 bits per heavy atom. The van der Waals surface area contributed by atoms with Crippen LogP contribution in [-0.2, 0) is 4.74 Å². The third-order valence-corrected chi connectivity index (χ3v) is 3.99. The Morgan fingerprint density at radius 1 is 0.957 bits per heavy atom. The van der Waals surface area contributed by atoms with Crippen LogP contribution in [0.25, 0.3) is 12.2 Å². The molecule has 0 bridgehead atoms. The Labute approximate surface area is 146 Å². The number of rotatable bonds is 7. The highest BCUT2D eigenvalue weighted by Crippen LogP contribution is 2.14. The van der Waals surface area contributed by atoms with E-state index in [0.29, 0.717) is 12.2 Å². The second-order valence-electron chi connectivity index (χ2n) is 5.35. The first-order valence-corrected chi connectivity index (χ1v) is 8.69. The molecule has 0 aliphatic rings. The molecule has 0 heterocycles. The molecule has 120 valence electrons. The number of carbonyl (C=O) groups excluding carboxylic acids is 1. The highest BCUT2D eigenvalue weighted by molar-refractivity contribution is 9.10. The maximum absolute atomic E-state index is 11.9. The van der Waals surface area contributed by atoms with Gasteiger partial charge in [0, 0.05) is 4.47 Å². The van der Waals surface area contributed by atoms with Gasteiger partial charge in [0.2, 0.25) is 0 Å². The molecule has 0 atom stereocenters. The predicted octanol–water partition coefficient (Wildman–Crippen LogP) is 5.97. The van der Waals surface area contributed by atoms with Crippen molar-refractivity contribution in [1.29, 1.82) is 0 Å². The van der Waals surface area contributed by atoms with Gasteiger partial charge in [0.15, 0.2) is 0 Å². The van der Waals surface area contributed by atoms with Crippen LogP contribution in [0.5, 0.6) is 0 Å². The standard InChI is InChI=1S/C20H21BrO2/c1-2-3-4-15-23-20(22)18-11-7-16(8-12-18)5-6-17-9-13-19(21)14-10-17/h5-14H,2-4,15H2,1H3. The summed E-state index contributed by atoms with van der Waals surface area (Å²) < 4.78 is 6.32. The number of ether oxygens (including phenoxy) is 1. The molecule has 0 spiro atoms. The molecule has 2 aromatic carbocycles. The third-order valence-electron chi connectivity index (χ3n) is 3.47. The zero-order valence-electron chi connectivity index (χ0n) is 13.3. The van der Waals surface area contributed by atoms with Crippen molar-refractivity contribution in [3.8, 4) is 0 Å². The first kappa shape index (κ1) is 17.5. The molecule has 3 heteroatoms. The number of hydrogen-bond acceptors (Lipinski definition) is 2. The monoisotopic (exact) mass is 372 g/mol. The molecule has 0 aliphatic heterocycles. The van der Waals surface area contributed by atoms with Gasteiger partial charge in [-0.3, -0.25) is 0 Å². The van der Waals surface area contributed by atoms with Gasteiger partial charge < -0.3 is 4.74 Å². The Bertz CT molecular complexity index is 642. The highest BCUT2D eigenvalue weighted by Gasteiger charge is 2.05. The van der Waals surface area contributed by atoms with Gasteiger partial charge in [-0.15, -0.1) is 0 Å². The largest absolute Gasteiger partial charge is 0.462 e. The van der Waals surface area contributed by atoms with Crippen LogP contribution < -0.4 is 0 Å². The van der Waals surface area contributed by atoms with Gasteiger partial charge in [-0.25, -0.2) is 4.79 Å². The fourth-order valence-electron chi connectivity index (χ4n) is 2.10. The molecule has 0 aromatic heterocycles. The topological polar surface area (TPSA) is 26.3 Å². The zero-order valence-corrected chi connectivity index (χ0v) is 14.9. The summed E-state index contributed by atoms with van der Waals surface area (Å²) in [4.78, 5) is 11.9. The molecular formula is C20H21BrO2. The Kier molecular flexibility index (Phi) is 7.08. The van der Waals surface area contributed by atoms with Crippen LogP contribution in [-0.4, -0.2) is 12.6 Å². The average Bonchev–Trinajstić information content (AvgIpc) is 2.58. The van der Waals surface area contributed by atoms with Gasteiger partial charge in [-0.1, -0.05) is 72.1 Å². The molecule has 23 heavy (non-hydrogen) atoms. The molecule has 2 aromatic rings. The lowest BCUT2D eigenvalue weighted by molar-refractivity contribution is 0.0498. The second-order valence-corrected chi connectivity index (χ2v) is 6.27. The van der Waals surface area contributed by atoms with Crippen LogP contribution in [0.4, 0.5) is 0 Å². The predicted molar refractivity (Wildman–Crippen MR) is 99.3 cm³/mol. The summed E-state index contributed by atoms with van der Waals surface area (Å²) in [6.45, 7) is 2.63. The number of unbranched alkanes of at least 4 members (excludes halogenated alkanes) is 2. The maximum Gasteiger partial charge on any atom is 0.338 e. The van der Waals surface area contributed by atoms with Crippen molar-refractivity contribution in [3.05, 3.63) is 69.7 Å². The van der Waals surface area contributed by atoms with Crippen LogP contribution in [0.3, 0.4) is 0 Å². The van der Waals surface area contributed by atoms with Crippen LogP contribution >= 0.6 is 15.9 Å². The first-order chi connectivity index (χ1) is 11.2. The molecule has 0 saturated carbocycles. The molecule has 0 N–H and O–H groups in total. The van der Waals surface area contributed by atoms with Gasteiger partial charge in [-0.2, -0.15) is 0 Å². The molecule has 2 nitrogen and oxygen atoms in total. The second kappa shape index (κ2) is 9.31. The first-order valence-electron chi connectivity index (χ1n) is 7.90. The quantitative estimate of drug-likeness (QED) is 0.340. The van der Waals surface area contributed by atoms with E-state index < -0.39 is 0 Å². The summed E-state index contributed by atoms with van der Waals surface area (Å²) in [6.07, 6.45) is 7.21. The normalized spacial score (nSPS) is 10.9. The van der Waals surface area contributed by atoms with Crippen LogP contribution in [0.15, 0.2) is 53.0 Å². The lowest BCUT2D eigenvalue weighted by atomic mass is 10.1. The van der Waals surface area contributed by atoms with E-state index in [0.717, 1.165) is 34.9 Å². The minimum atomic E-state index is -0.246. The van der Waals surface area contributed by atoms with Crippen molar-refractivity contribution >= 4 is 34.1 Å². The van der Waals surface area contributed by atoms with Crippen molar-refractivity contribution in [1.82, 2.24) is 0 Å². The molecule has 0 saturated heterocycles. The maximum atomic E-state index is 11.9. The minimum Gasteiger partial charge on any atom is -0.462 e. The van der Waals surface area contributed by atoms with Crippen molar-refractivity contribution in [2.75, 3.05) is 6.61 Å². The van der Waals surface area contributed by atoms with E-state index in [2.05, 4.69) is 22.9 Å². The van der Waals surface area contributed by atoms with E-state index in [1.54, 1.807) is 0 Å². The fraction of sp³-hybridized carbons (Fsp3) is 0.250. The molecule has 0 unspecified atom stereocenters. The van der Waals surface area contributed by atoms with Crippen LogP contribution in [0.2, 0.25) is 0 Å².